The van der Waals surface area contributed by atoms with Crippen LogP contribution in [0.1, 0.15) is 17.0 Å². The average molecular weight is 280 g/mol. The van der Waals surface area contributed by atoms with Crippen LogP contribution in [-0.4, -0.2) is 18.2 Å². The zero-order valence-corrected chi connectivity index (χ0v) is 11.9. The minimum absolute atomic E-state index is 0.0576. The SMILES string of the molecule is Cc1ccc(S(=O)(=O)OCc2cc(C)n(C)n2)cc1. The molecule has 0 bridgehead atoms. The Morgan fingerprint density at radius 2 is 1.84 bits per heavy atom. The monoisotopic (exact) mass is 280 g/mol. The Hall–Kier alpha value is -1.66. The maximum atomic E-state index is 12.0. The summed E-state index contributed by atoms with van der Waals surface area (Å²) in [5.41, 5.74) is 2.54. The molecule has 0 amide bonds. The summed E-state index contributed by atoms with van der Waals surface area (Å²) in [7, 11) is -1.93. The Morgan fingerprint density at radius 3 is 2.37 bits per heavy atom. The van der Waals surface area contributed by atoms with Gasteiger partial charge >= 0.3 is 0 Å². The molecule has 0 fully saturated rings. The smallest absolute Gasteiger partial charge is 0.273 e. The third kappa shape index (κ3) is 3.21. The number of benzene rings is 1. The topological polar surface area (TPSA) is 61.2 Å². The van der Waals surface area contributed by atoms with Crippen LogP contribution >= 0.6 is 0 Å². The van der Waals surface area contributed by atoms with Crippen molar-refractivity contribution >= 4 is 10.1 Å². The first-order valence-corrected chi connectivity index (χ1v) is 7.25. The molecule has 0 atom stereocenters. The van der Waals surface area contributed by atoms with E-state index >= 15 is 0 Å². The van der Waals surface area contributed by atoms with Gasteiger partial charge in [0.25, 0.3) is 10.1 Å². The van der Waals surface area contributed by atoms with Crippen molar-refractivity contribution in [2.24, 2.45) is 7.05 Å². The van der Waals surface area contributed by atoms with E-state index in [1.807, 2.05) is 13.8 Å². The highest BCUT2D eigenvalue weighted by molar-refractivity contribution is 7.86. The fraction of sp³-hybridized carbons (Fsp3) is 0.308. The first-order valence-electron chi connectivity index (χ1n) is 5.84. The van der Waals surface area contributed by atoms with Crippen molar-refractivity contribution in [3.63, 3.8) is 0 Å². The summed E-state index contributed by atoms with van der Waals surface area (Å²) >= 11 is 0. The molecule has 5 nitrogen and oxygen atoms in total. The maximum Gasteiger partial charge on any atom is 0.297 e. The van der Waals surface area contributed by atoms with Crippen LogP contribution in [0.15, 0.2) is 35.2 Å². The average Bonchev–Trinajstić information content (AvgIpc) is 2.67. The number of aryl methyl sites for hydroxylation is 3. The molecule has 0 spiro atoms. The van der Waals surface area contributed by atoms with Gasteiger partial charge in [-0.25, -0.2) is 0 Å². The molecule has 0 aliphatic carbocycles. The van der Waals surface area contributed by atoms with Crippen LogP contribution in [0.4, 0.5) is 0 Å². The molecular weight excluding hydrogens is 264 g/mol. The Morgan fingerprint density at radius 1 is 1.21 bits per heavy atom. The molecule has 19 heavy (non-hydrogen) atoms. The maximum absolute atomic E-state index is 12.0. The molecule has 0 N–H and O–H groups in total. The van der Waals surface area contributed by atoms with E-state index in [2.05, 4.69) is 5.10 Å². The number of hydrogen-bond donors (Lipinski definition) is 0. The van der Waals surface area contributed by atoms with Crippen LogP contribution < -0.4 is 0 Å². The van der Waals surface area contributed by atoms with E-state index < -0.39 is 10.1 Å². The largest absolute Gasteiger partial charge is 0.297 e. The second-order valence-electron chi connectivity index (χ2n) is 4.43. The summed E-state index contributed by atoms with van der Waals surface area (Å²) in [5, 5.41) is 4.15. The van der Waals surface area contributed by atoms with Gasteiger partial charge in [0.05, 0.1) is 10.6 Å². The highest BCUT2D eigenvalue weighted by atomic mass is 32.2. The van der Waals surface area contributed by atoms with E-state index in [4.69, 9.17) is 4.18 Å². The summed E-state index contributed by atoms with van der Waals surface area (Å²) in [4.78, 5) is 0.158. The van der Waals surface area contributed by atoms with E-state index in [0.717, 1.165) is 11.3 Å². The van der Waals surface area contributed by atoms with Crippen molar-refractivity contribution in [1.29, 1.82) is 0 Å². The van der Waals surface area contributed by atoms with Gasteiger partial charge in [0.15, 0.2) is 0 Å². The molecule has 0 unspecified atom stereocenters. The van der Waals surface area contributed by atoms with Crippen LogP contribution in [0.25, 0.3) is 0 Å². The van der Waals surface area contributed by atoms with Gasteiger partial charge in [-0.15, -0.1) is 0 Å². The molecule has 2 rings (SSSR count). The summed E-state index contributed by atoms with van der Waals surface area (Å²) in [6.07, 6.45) is 0. The van der Waals surface area contributed by atoms with Crippen LogP contribution in [-0.2, 0) is 28.0 Å². The van der Waals surface area contributed by atoms with Crippen molar-refractivity contribution in [2.45, 2.75) is 25.3 Å². The standard InChI is InChI=1S/C13H16N2O3S/c1-10-4-6-13(7-5-10)19(16,17)18-9-12-8-11(2)15(3)14-12/h4-8H,9H2,1-3H3. The zero-order chi connectivity index (χ0) is 14.0. The second kappa shape index (κ2) is 5.14. The summed E-state index contributed by atoms with van der Waals surface area (Å²) in [5.74, 6) is 0. The van der Waals surface area contributed by atoms with E-state index in [9.17, 15) is 8.42 Å². The normalized spacial score (nSPS) is 11.7. The highest BCUT2D eigenvalue weighted by Crippen LogP contribution is 2.15. The fourth-order valence-electron chi connectivity index (χ4n) is 1.62. The molecule has 6 heteroatoms. The molecule has 0 aliphatic rings. The fourth-order valence-corrected chi connectivity index (χ4v) is 2.50. The predicted octanol–water partition coefficient (Wildman–Crippen LogP) is 1.94. The molecular formula is C13H16N2O3S. The number of nitrogens with zero attached hydrogens (tertiary/aromatic N) is 2. The minimum atomic E-state index is -3.73. The third-order valence-electron chi connectivity index (χ3n) is 2.84. The molecule has 1 heterocycles. The van der Waals surface area contributed by atoms with Gasteiger partial charge in [0, 0.05) is 12.7 Å². The van der Waals surface area contributed by atoms with E-state index in [1.54, 1.807) is 29.9 Å². The van der Waals surface area contributed by atoms with E-state index in [-0.39, 0.29) is 11.5 Å². The van der Waals surface area contributed by atoms with Gasteiger partial charge in [-0.2, -0.15) is 13.5 Å². The predicted molar refractivity (Wildman–Crippen MR) is 71.1 cm³/mol. The van der Waals surface area contributed by atoms with Crippen LogP contribution in [0, 0.1) is 13.8 Å². The van der Waals surface area contributed by atoms with Gasteiger partial charge in [-0.1, -0.05) is 17.7 Å². The van der Waals surface area contributed by atoms with Crippen molar-refractivity contribution in [2.75, 3.05) is 0 Å². The van der Waals surface area contributed by atoms with E-state index in [0.29, 0.717) is 5.69 Å². The lowest BCUT2D eigenvalue weighted by Crippen LogP contribution is -2.07. The van der Waals surface area contributed by atoms with Crippen molar-refractivity contribution in [1.82, 2.24) is 9.78 Å². The first-order chi connectivity index (χ1) is 8.88. The van der Waals surface area contributed by atoms with Crippen molar-refractivity contribution in [3.05, 3.63) is 47.3 Å². The lowest BCUT2D eigenvalue weighted by atomic mass is 10.2. The number of aromatic nitrogens is 2. The van der Waals surface area contributed by atoms with Gasteiger partial charge in [0.2, 0.25) is 0 Å². The van der Waals surface area contributed by atoms with Gasteiger partial charge in [-0.05, 0) is 32.0 Å². The lowest BCUT2D eigenvalue weighted by Gasteiger charge is -2.04. The minimum Gasteiger partial charge on any atom is -0.273 e. The Kier molecular flexibility index (Phi) is 3.73. The highest BCUT2D eigenvalue weighted by Gasteiger charge is 2.15. The Labute approximate surface area is 113 Å². The van der Waals surface area contributed by atoms with Crippen LogP contribution in [0.3, 0.4) is 0 Å². The third-order valence-corrected chi connectivity index (χ3v) is 4.11. The van der Waals surface area contributed by atoms with Crippen LogP contribution in [0.2, 0.25) is 0 Å². The van der Waals surface area contributed by atoms with Crippen molar-refractivity contribution in [3.8, 4) is 0 Å². The Balaban J connectivity index is 2.11. The quantitative estimate of drug-likeness (QED) is 0.803. The Bertz CT molecular complexity index is 653. The van der Waals surface area contributed by atoms with Gasteiger partial charge in [0.1, 0.15) is 6.61 Å². The molecule has 0 radical (unpaired) electrons. The van der Waals surface area contributed by atoms with Crippen LogP contribution in [0.5, 0.6) is 0 Å². The second-order valence-corrected chi connectivity index (χ2v) is 6.05. The molecule has 102 valence electrons. The summed E-state index contributed by atoms with van der Waals surface area (Å²) in [6.45, 7) is 3.73. The molecule has 0 saturated heterocycles. The van der Waals surface area contributed by atoms with Gasteiger partial charge < -0.3 is 0 Å². The van der Waals surface area contributed by atoms with E-state index in [1.165, 1.54) is 12.1 Å². The molecule has 2 aromatic rings. The molecule has 1 aromatic heterocycles. The van der Waals surface area contributed by atoms with Crippen molar-refractivity contribution < 1.29 is 12.6 Å². The molecule has 0 aliphatic heterocycles. The molecule has 0 saturated carbocycles. The molecule has 1 aromatic carbocycles. The van der Waals surface area contributed by atoms with Gasteiger partial charge in [-0.3, -0.25) is 8.86 Å². The summed E-state index contributed by atoms with van der Waals surface area (Å²) < 4.78 is 30.6. The lowest BCUT2D eigenvalue weighted by molar-refractivity contribution is 0.302. The number of rotatable bonds is 4. The summed E-state index contributed by atoms with van der Waals surface area (Å²) in [6, 6.07) is 8.34. The first kappa shape index (κ1) is 13.8. The number of hydrogen-bond acceptors (Lipinski definition) is 4. The zero-order valence-electron chi connectivity index (χ0n) is 11.1.